The first-order chi connectivity index (χ1) is 12.7. The van der Waals surface area contributed by atoms with Gasteiger partial charge in [0.1, 0.15) is 17.3 Å². The number of hydrogen-bond donors (Lipinski definition) is 1. The van der Waals surface area contributed by atoms with Gasteiger partial charge in [0.25, 0.3) is 0 Å². The van der Waals surface area contributed by atoms with Gasteiger partial charge in [-0.25, -0.2) is 8.42 Å². The van der Waals surface area contributed by atoms with Crippen LogP contribution in [-0.4, -0.2) is 32.8 Å². The van der Waals surface area contributed by atoms with Crippen LogP contribution in [0.1, 0.15) is 37.7 Å². The van der Waals surface area contributed by atoms with Gasteiger partial charge in [0.05, 0.1) is 24.2 Å². The lowest BCUT2D eigenvalue weighted by Crippen LogP contribution is -2.26. The van der Waals surface area contributed by atoms with E-state index in [1.807, 2.05) is 12.1 Å². The third kappa shape index (κ3) is 4.17. The van der Waals surface area contributed by atoms with Gasteiger partial charge in [-0.3, -0.25) is 4.79 Å². The molecule has 146 valence electrons. The second-order valence-electron chi connectivity index (χ2n) is 6.93. The molecule has 0 aliphatic heterocycles. The van der Waals surface area contributed by atoms with Crippen LogP contribution in [0.2, 0.25) is 0 Å². The maximum atomic E-state index is 12.9. The van der Waals surface area contributed by atoms with Crippen molar-refractivity contribution in [1.82, 2.24) is 4.31 Å². The summed E-state index contributed by atoms with van der Waals surface area (Å²) < 4.78 is 38.0. The van der Waals surface area contributed by atoms with Crippen molar-refractivity contribution < 1.29 is 22.4 Å². The summed E-state index contributed by atoms with van der Waals surface area (Å²) in [5, 5.41) is 2.59. The van der Waals surface area contributed by atoms with Crippen LogP contribution in [0.5, 0.6) is 5.75 Å². The molecule has 1 amide bonds. The lowest BCUT2D eigenvalue weighted by Gasteiger charge is -2.17. The minimum Gasteiger partial charge on any atom is -0.495 e. The Labute approximate surface area is 159 Å². The number of carbonyl (C=O) groups is 1. The summed E-state index contributed by atoms with van der Waals surface area (Å²) in [6, 6.07) is 8.11. The first-order valence-electron chi connectivity index (χ1n) is 8.73. The number of hydrogen-bond acceptors (Lipinski definition) is 5. The summed E-state index contributed by atoms with van der Waals surface area (Å²) in [7, 11) is -0.806. The van der Waals surface area contributed by atoms with E-state index in [4.69, 9.17) is 9.15 Å². The predicted molar refractivity (Wildman–Crippen MR) is 101 cm³/mol. The van der Waals surface area contributed by atoms with Crippen molar-refractivity contribution >= 4 is 21.6 Å². The first-order valence-corrected chi connectivity index (χ1v) is 10.2. The highest BCUT2D eigenvalue weighted by atomic mass is 32.2. The standard InChI is InChI=1S/C19H24N2O5S/c1-12-9-16(12)18-7-5-14(26-18)11-21(3)27(23,24)15-6-8-19(25-4)17(10-15)20-13(2)22/h5-8,10,12,16H,9,11H2,1-4H3,(H,20,22). The Kier molecular flexibility index (Phi) is 5.30. The Hall–Kier alpha value is -2.32. The van der Waals surface area contributed by atoms with Gasteiger partial charge in [-0.05, 0) is 42.7 Å². The van der Waals surface area contributed by atoms with Crippen molar-refractivity contribution in [3.05, 3.63) is 41.9 Å². The number of nitrogens with one attached hydrogen (secondary N) is 1. The molecule has 0 spiro atoms. The van der Waals surface area contributed by atoms with Crippen molar-refractivity contribution in [3.8, 4) is 5.75 Å². The van der Waals surface area contributed by atoms with Gasteiger partial charge < -0.3 is 14.5 Å². The molecule has 27 heavy (non-hydrogen) atoms. The number of ether oxygens (including phenoxy) is 1. The summed E-state index contributed by atoms with van der Waals surface area (Å²) in [4.78, 5) is 11.4. The van der Waals surface area contributed by atoms with Crippen molar-refractivity contribution in [1.29, 1.82) is 0 Å². The van der Waals surface area contributed by atoms with Crippen LogP contribution in [0.25, 0.3) is 0 Å². The average molecular weight is 392 g/mol. The van der Waals surface area contributed by atoms with Gasteiger partial charge in [0.2, 0.25) is 15.9 Å². The Morgan fingerprint density at radius 2 is 2.04 bits per heavy atom. The molecule has 3 rings (SSSR count). The molecule has 0 saturated heterocycles. The molecule has 1 saturated carbocycles. The van der Waals surface area contributed by atoms with E-state index in [-0.39, 0.29) is 17.3 Å². The van der Waals surface area contributed by atoms with E-state index >= 15 is 0 Å². The zero-order valence-electron chi connectivity index (χ0n) is 15.9. The maximum Gasteiger partial charge on any atom is 0.243 e. The fraction of sp³-hybridized carbons (Fsp3) is 0.421. The highest BCUT2D eigenvalue weighted by Gasteiger charge is 2.36. The number of furan rings is 1. The smallest absolute Gasteiger partial charge is 0.243 e. The summed E-state index contributed by atoms with van der Waals surface area (Å²) in [6.45, 7) is 3.65. The molecule has 2 aromatic rings. The van der Waals surface area contributed by atoms with Crippen LogP contribution < -0.4 is 10.1 Å². The topological polar surface area (TPSA) is 88.8 Å². The molecule has 1 N–H and O–H groups in total. The zero-order valence-corrected chi connectivity index (χ0v) is 16.7. The van der Waals surface area contributed by atoms with Crippen LogP contribution in [0.3, 0.4) is 0 Å². The third-order valence-corrected chi connectivity index (χ3v) is 6.53. The highest BCUT2D eigenvalue weighted by Crippen LogP contribution is 2.47. The van der Waals surface area contributed by atoms with E-state index in [1.165, 1.54) is 43.6 Å². The van der Waals surface area contributed by atoms with Crippen LogP contribution in [0, 0.1) is 5.92 Å². The van der Waals surface area contributed by atoms with Crippen LogP contribution >= 0.6 is 0 Å². The van der Waals surface area contributed by atoms with Crippen LogP contribution in [0.15, 0.2) is 39.6 Å². The largest absolute Gasteiger partial charge is 0.495 e. The molecule has 1 fully saturated rings. The second kappa shape index (κ2) is 7.36. The van der Waals surface area contributed by atoms with Gasteiger partial charge >= 0.3 is 0 Å². The molecule has 2 atom stereocenters. The van der Waals surface area contributed by atoms with Gasteiger partial charge in [-0.2, -0.15) is 4.31 Å². The Morgan fingerprint density at radius 1 is 1.33 bits per heavy atom. The lowest BCUT2D eigenvalue weighted by atomic mass is 10.3. The van der Waals surface area contributed by atoms with Crippen LogP contribution in [-0.2, 0) is 21.4 Å². The summed E-state index contributed by atoms with van der Waals surface area (Å²) in [6.07, 6.45) is 1.11. The minimum absolute atomic E-state index is 0.0668. The van der Waals surface area contributed by atoms with Crippen molar-refractivity contribution in [2.45, 2.75) is 37.6 Å². The Balaban J connectivity index is 1.80. The second-order valence-corrected chi connectivity index (χ2v) is 8.97. The maximum absolute atomic E-state index is 12.9. The molecule has 1 aromatic carbocycles. The number of rotatable bonds is 7. The number of anilines is 1. The monoisotopic (exact) mass is 392 g/mol. The quantitative estimate of drug-likeness (QED) is 0.782. The predicted octanol–water partition coefficient (Wildman–Crippen LogP) is 3.19. The van der Waals surface area contributed by atoms with Gasteiger partial charge in [-0.1, -0.05) is 6.92 Å². The fourth-order valence-electron chi connectivity index (χ4n) is 3.02. The molecule has 0 radical (unpaired) electrons. The highest BCUT2D eigenvalue weighted by molar-refractivity contribution is 7.89. The van der Waals surface area contributed by atoms with Crippen molar-refractivity contribution in [3.63, 3.8) is 0 Å². The number of methoxy groups -OCH3 is 1. The lowest BCUT2D eigenvalue weighted by molar-refractivity contribution is -0.114. The van der Waals surface area contributed by atoms with E-state index in [0.717, 1.165) is 12.2 Å². The third-order valence-electron chi connectivity index (χ3n) is 4.73. The molecule has 1 aliphatic carbocycles. The number of nitrogens with zero attached hydrogens (tertiary/aromatic N) is 1. The first kappa shape index (κ1) is 19.4. The van der Waals surface area contributed by atoms with E-state index in [0.29, 0.717) is 29.0 Å². The molecule has 1 aromatic heterocycles. The van der Waals surface area contributed by atoms with Crippen LogP contribution in [0.4, 0.5) is 5.69 Å². The Bertz CT molecular complexity index is 951. The fourth-order valence-corrected chi connectivity index (χ4v) is 4.18. The molecule has 1 aliphatic rings. The molecular weight excluding hydrogens is 368 g/mol. The summed E-state index contributed by atoms with van der Waals surface area (Å²) in [5.74, 6) is 2.67. The van der Waals surface area contributed by atoms with E-state index in [1.54, 1.807) is 0 Å². The van der Waals surface area contributed by atoms with E-state index < -0.39 is 10.0 Å². The normalized spacial score (nSPS) is 19.1. The molecule has 0 bridgehead atoms. The minimum atomic E-state index is -3.76. The summed E-state index contributed by atoms with van der Waals surface area (Å²) >= 11 is 0. The molecule has 2 unspecified atom stereocenters. The SMILES string of the molecule is COc1ccc(S(=O)(=O)N(C)Cc2ccc(C3CC3C)o2)cc1NC(C)=O. The Morgan fingerprint density at radius 3 is 2.63 bits per heavy atom. The number of carbonyl (C=O) groups excluding carboxylic acids is 1. The number of sulfonamides is 1. The van der Waals surface area contributed by atoms with Crippen molar-refractivity contribution in [2.24, 2.45) is 5.92 Å². The molecule has 7 nitrogen and oxygen atoms in total. The van der Waals surface area contributed by atoms with Crippen molar-refractivity contribution in [2.75, 3.05) is 19.5 Å². The van der Waals surface area contributed by atoms with E-state index in [9.17, 15) is 13.2 Å². The zero-order chi connectivity index (χ0) is 19.8. The molecule has 1 heterocycles. The van der Waals surface area contributed by atoms with E-state index in [2.05, 4.69) is 12.2 Å². The summed E-state index contributed by atoms with van der Waals surface area (Å²) in [5.41, 5.74) is 0.308. The molecular formula is C19H24N2O5S. The van der Waals surface area contributed by atoms with Gasteiger partial charge in [-0.15, -0.1) is 0 Å². The number of benzene rings is 1. The van der Waals surface area contributed by atoms with Gasteiger partial charge in [0.15, 0.2) is 0 Å². The average Bonchev–Trinajstić information content (AvgIpc) is 3.15. The van der Waals surface area contributed by atoms with Gasteiger partial charge in [0, 0.05) is 19.9 Å². The number of amides is 1. The molecule has 8 heteroatoms.